The van der Waals surface area contributed by atoms with Gasteiger partial charge in [0.2, 0.25) is 0 Å². The fraction of sp³-hybridized carbons (Fsp3) is 0.538. The molecule has 1 atom stereocenters. The van der Waals surface area contributed by atoms with Crippen molar-refractivity contribution in [2.75, 3.05) is 0 Å². The maximum absolute atomic E-state index is 6.21. The number of hydrogen-bond acceptors (Lipinski definition) is 1. The fourth-order valence-corrected chi connectivity index (χ4v) is 3.34. The monoisotopic (exact) mass is 265 g/mol. The van der Waals surface area contributed by atoms with E-state index < -0.39 is 0 Å². The molecule has 3 rings (SSSR count). The van der Waals surface area contributed by atoms with Gasteiger partial charge in [0.1, 0.15) is 0 Å². The molecule has 0 amide bonds. The van der Waals surface area contributed by atoms with Crippen molar-refractivity contribution >= 4 is 15.9 Å². The molecular formula is C13H16BrN. The summed E-state index contributed by atoms with van der Waals surface area (Å²) < 4.78 is 1.28. The van der Waals surface area contributed by atoms with Crippen molar-refractivity contribution in [2.24, 2.45) is 5.73 Å². The van der Waals surface area contributed by atoms with Crippen LogP contribution >= 0.6 is 15.9 Å². The molecule has 0 aliphatic heterocycles. The van der Waals surface area contributed by atoms with Gasteiger partial charge < -0.3 is 5.73 Å². The number of hydrogen-bond donors (Lipinski definition) is 1. The first-order valence-electron chi connectivity index (χ1n) is 5.74. The van der Waals surface area contributed by atoms with Crippen molar-refractivity contribution in [2.45, 2.75) is 43.6 Å². The first-order valence-corrected chi connectivity index (χ1v) is 6.53. The summed E-state index contributed by atoms with van der Waals surface area (Å²) in [5.41, 5.74) is 9.46. The minimum Gasteiger partial charge on any atom is -0.325 e. The zero-order valence-corrected chi connectivity index (χ0v) is 10.4. The molecule has 1 aromatic carbocycles. The van der Waals surface area contributed by atoms with Crippen LogP contribution in [0.1, 0.15) is 42.7 Å². The third-order valence-corrected chi connectivity index (χ3v) is 4.63. The van der Waals surface area contributed by atoms with Crippen LogP contribution in [0.3, 0.4) is 0 Å². The van der Waals surface area contributed by atoms with Gasteiger partial charge in [-0.1, -0.05) is 28.1 Å². The van der Waals surface area contributed by atoms with E-state index in [1.165, 1.54) is 42.1 Å². The van der Waals surface area contributed by atoms with Crippen LogP contribution in [0.4, 0.5) is 0 Å². The zero-order valence-electron chi connectivity index (χ0n) is 8.80. The van der Waals surface area contributed by atoms with E-state index in [9.17, 15) is 0 Å². The van der Waals surface area contributed by atoms with Gasteiger partial charge >= 0.3 is 0 Å². The van der Waals surface area contributed by atoms with Crippen LogP contribution in [-0.2, 0) is 6.42 Å². The molecule has 1 aromatic rings. The van der Waals surface area contributed by atoms with Crippen molar-refractivity contribution < 1.29 is 0 Å². The molecule has 0 bridgehead atoms. The zero-order chi connectivity index (χ0) is 10.5. The van der Waals surface area contributed by atoms with E-state index in [-0.39, 0.29) is 5.54 Å². The smallest absolute Gasteiger partial charge is 0.0210 e. The Morgan fingerprint density at radius 1 is 1.40 bits per heavy atom. The van der Waals surface area contributed by atoms with Gasteiger partial charge in [-0.15, -0.1) is 0 Å². The summed E-state index contributed by atoms with van der Waals surface area (Å²) >= 11 is 3.64. The van der Waals surface area contributed by atoms with Gasteiger partial charge in [-0.25, -0.2) is 0 Å². The van der Waals surface area contributed by atoms with E-state index in [4.69, 9.17) is 5.73 Å². The largest absolute Gasteiger partial charge is 0.325 e. The maximum Gasteiger partial charge on any atom is 0.0210 e. The quantitative estimate of drug-likeness (QED) is 0.872. The van der Waals surface area contributed by atoms with E-state index in [0.717, 1.165) is 0 Å². The minimum absolute atomic E-state index is 0.189. The predicted octanol–water partition coefficient (Wildman–Crippen LogP) is 3.36. The standard InChI is InChI=1S/C13H16BrN/c14-12-3-1-2-10-9(4-5-11(10)12)8-13(15)6-7-13/h1-3,9H,4-8,15H2. The molecular weight excluding hydrogens is 250 g/mol. The lowest BCUT2D eigenvalue weighted by Crippen LogP contribution is -2.23. The van der Waals surface area contributed by atoms with Crippen LogP contribution in [0.25, 0.3) is 0 Å². The highest BCUT2D eigenvalue weighted by Crippen LogP contribution is 2.46. The number of benzene rings is 1. The predicted molar refractivity (Wildman–Crippen MR) is 66.0 cm³/mol. The van der Waals surface area contributed by atoms with Crippen LogP contribution in [0.5, 0.6) is 0 Å². The Hall–Kier alpha value is -0.340. The summed E-state index contributed by atoms with van der Waals surface area (Å²) in [7, 11) is 0. The summed E-state index contributed by atoms with van der Waals surface area (Å²) in [6.45, 7) is 0. The minimum atomic E-state index is 0.189. The molecule has 2 N–H and O–H groups in total. The van der Waals surface area contributed by atoms with E-state index in [1.807, 2.05) is 0 Å². The lowest BCUT2D eigenvalue weighted by Gasteiger charge is -2.16. The summed E-state index contributed by atoms with van der Waals surface area (Å²) in [4.78, 5) is 0. The first kappa shape index (κ1) is 9.86. The summed E-state index contributed by atoms with van der Waals surface area (Å²) in [5.74, 6) is 0.713. The van der Waals surface area contributed by atoms with Gasteiger partial charge in [0, 0.05) is 10.0 Å². The van der Waals surface area contributed by atoms with Crippen molar-refractivity contribution in [3.05, 3.63) is 33.8 Å². The normalized spacial score (nSPS) is 26.4. The van der Waals surface area contributed by atoms with E-state index >= 15 is 0 Å². The van der Waals surface area contributed by atoms with E-state index in [1.54, 1.807) is 5.56 Å². The van der Waals surface area contributed by atoms with E-state index in [2.05, 4.69) is 34.1 Å². The maximum atomic E-state index is 6.21. The lowest BCUT2D eigenvalue weighted by molar-refractivity contribution is 0.513. The highest BCUT2D eigenvalue weighted by molar-refractivity contribution is 9.10. The van der Waals surface area contributed by atoms with Crippen LogP contribution in [0, 0.1) is 0 Å². The highest BCUT2D eigenvalue weighted by atomic mass is 79.9. The summed E-state index contributed by atoms with van der Waals surface area (Å²) in [6, 6.07) is 6.58. The topological polar surface area (TPSA) is 26.0 Å². The van der Waals surface area contributed by atoms with Gasteiger partial charge in [-0.3, -0.25) is 0 Å². The Labute approximate surface area is 99.2 Å². The van der Waals surface area contributed by atoms with E-state index in [0.29, 0.717) is 5.92 Å². The van der Waals surface area contributed by atoms with Crippen molar-refractivity contribution in [1.82, 2.24) is 0 Å². The Bertz CT molecular complexity index is 396. The molecule has 15 heavy (non-hydrogen) atoms. The third kappa shape index (κ3) is 1.74. The number of nitrogens with two attached hydrogens (primary N) is 1. The molecule has 0 aromatic heterocycles. The first-order chi connectivity index (χ1) is 7.18. The molecule has 2 heteroatoms. The summed E-state index contributed by atoms with van der Waals surface area (Å²) in [5, 5.41) is 0. The van der Waals surface area contributed by atoms with Gasteiger partial charge in [0.25, 0.3) is 0 Å². The van der Waals surface area contributed by atoms with Crippen LogP contribution in [-0.4, -0.2) is 5.54 Å². The van der Waals surface area contributed by atoms with Gasteiger partial charge in [0.15, 0.2) is 0 Å². The molecule has 1 fully saturated rings. The highest BCUT2D eigenvalue weighted by Gasteiger charge is 2.41. The summed E-state index contributed by atoms with van der Waals surface area (Å²) in [6.07, 6.45) is 6.16. The lowest BCUT2D eigenvalue weighted by atomic mass is 9.93. The average Bonchev–Trinajstić information content (AvgIpc) is 2.78. The van der Waals surface area contributed by atoms with Crippen LogP contribution in [0.2, 0.25) is 0 Å². The molecule has 2 aliphatic rings. The second kappa shape index (κ2) is 3.33. The van der Waals surface area contributed by atoms with Gasteiger partial charge in [-0.05, 0) is 55.2 Å². The molecule has 1 saturated carbocycles. The SMILES string of the molecule is NC1(CC2CCc3c(Br)cccc32)CC1. The molecule has 0 spiro atoms. The average molecular weight is 266 g/mol. The van der Waals surface area contributed by atoms with Crippen LogP contribution < -0.4 is 5.73 Å². The molecule has 1 unspecified atom stereocenters. The third-order valence-electron chi connectivity index (χ3n) is 3.88. The fourth-order valence-electron chi connectivity index (χ4n) is 2.76. The van der Waals surface area contributed by atoms with Gasteiger partial charge in [0.05, 0.1) is 0 Å². The second-order valence-electron chi connectivity index (χ2n) is 5.11. The molecule has 2 aliphatic carbocycles. The Balaban J connectivity index is 1.88. The second-order valence-corrected chi connectivity index (χ2v) is 5.96. The molecule has 1 nitrogen and oxygen atoms in total. The van der Waals surface area contributed by atoms with Gasteiger partial charge in [-0.2, -0.15) is 0 Å². The van der Waals surface area contributed by atoms with Crippen LogP contribution in [0.15, 0.2) is 22.7 Å². The number of rotatable bonds is 2. The number of fused-ring (bicyclic) bond motifs is 1. The van der Waals surface area contributed by atoms with Crippen molar-refractivity contribution in [3.8, 4) is 0 Å². The molecule has 0 heterocycles. The Morgan fingerprint density at radius 2 is 2.20 bits per heavy atom. The van der Waals surface area contributed by atoms with Crippen molar-refractivity contribution in [3.63, 3.8) is 0 Å². The Morgan fingerprint density at radius 3 is 2.93 bits per heavy atom. The number of halogens is 1. The molecule has 80 valence electrons. The molecule has 0 saturated heterocycles. The Kier molecular flexibility index (Phi) is 2.18. The van der Waals surface area contributed by atoms with Crippen molar-refractivity contribution in [1.29, 1.82) is 0 Å². The molecule has 0 radical (unpaired) electrons.